The first-order chi connectivity index (χ1) is 3.91. The summed E-state index contributed by atoms with van der Waals surface area (Å²) in [5, 5.41) is 3.70. The molecule has 1 N–H and O–H groups in total. The smallest absolute Gasteiger partial charge is 0.0467 e. The Bertz CT molecular complexity index is 103. The van der Waals surface area contributed by atoms with E-state index in [-0.39, 0.29) is 0 Å². The van der Waals surface area contributed by atoms with Gasteiger partial charge in [-0.15, -0.1) is 0 Å². The van der Waals surface area contributed by atoms with Crippen molar-refractivity contribution < 1.29 is 0 Å². The quantitative estimate of drug-likeness (QED) is 0.326. The zero-order chi connectivity index (χ0) is 6.24. The zero-order valence-corrected chi connectivity index (χ0v) is 4.96. The summed E-state index contributed by atoms with van der Waals surface area (Å²) in [6.45, 7) is 3.49. The summed E-state index contributed by atoms with van der Waals surface area (Å²) in [4.78, 5) is 0. The molecule has 0 atom stereocenters. The summed E-state index contributed by atoms with van der Waals surface area (Å²) >= 11 is 0. The fourth-order valence-corrected chi connectivity index (χ4v) is 0.246. The third-order valence-electron chi connectivity index (χ3n) is 0.537. The average molecular weight is 110 g/mol. The Hall–Kier alpha value is -1.05. The van der Waals surface area contributed by atoms with Crippen LogP contribution in [-0.2, 0) is 0 Å². The first-order valence-corrected chi connectivity index (χ1v) is 2.39. The van der Waals surface area contributed by atoms with E-state index in [4.69, 9.17) is 0 Å². The Morgan fingerprint density at radius 1 is 1.50 bits per heavy atom. The van der Waals surface area contributed by atoms with Crippen LogP contribution in [0.15, 0.2) is 29.9 Å². The van der Waals surface area contributed by atoms with E-state index in [1.54, 1.807) is 31.5 Å². The number of nitrogens with one attached hydrogen (secondary N) is 1. The molecule has 0 radical (unpaired) electrons. The van der Waals surface area contributed by atoms with Crippen LogP contribution in [0.2, 0.25) is 0 Å². The Kier molecular flexibility index (Phi) is 5.17. The van der Waals surface area contributed by atoms with Crippen molar-refractivity contribution in [2.75, 3.05) is 7.05 Å². The van der Waals surface area contributed by atoms with Gasteiger partial charge in [0.05, 0.1) is 0 Å². The van der Waals surface area contributed by atoms with Crippen LogP contribution in [-0.4, -0.2) is 13.3 Å². The van der Waals surface area contributed by atoms with Crippen molar-refractivity contribution in [1.82, 2.24) is 5.43 Å². The third kappa shape index (κ3) is 4.95. The van der Waals surface area contributed by atoms with Gasteiger partial charge in [-0.05, 0) is 6.08 Å². The highest BCUT2D eigenvalue weighted by Crippen LogP contribution is 1.66. The Balaban J connectivity index is 3.26. The Morgan fingerprint density at radius 2 is 2.25 bits per heavy atom. The van der Waals surface area contributed by atoms with Crippen molar-refractivity contribution in [3.05, 3.63) is 24.8 Å². The van der Waals surface area contributed by atoms with Crippen LogP contribution in [0.4, 0.5) is 0 Å². The molecule has 0 heterocycles. The lowest BCUT2D eigenvalue weighted by Crippen LogP contribution is -1.91. The van der Waals surface area contributed by atoms with Crippen LogP contribution in [0, 0.1) is 0 Å². The SMILES string of the molecule is C=C/C=C\C=N/NC. The maximum atomic E-state index is 3.70. The van der Waals surface area contributed by atoms with Gasteiger partial charge < -0.3 is 5.43 Å². The van der Waals surface area contributed by atoms with Crippen LogP contribution in [0.25, 0.3) is 0 Å². The minimum absolute atomic E-state index is 1.65. The second kappa shape index (κ2) is 5.95. The lowest BCUT2D eigenvalue weighted by atomic mass is 10.5. The fraction of sp³-hybridized carbons (Fsp3) is 0.167. The Morgan fingerprint density at radius 3 is 2.75 bits per heavy atom. The van der Waals surface area contributed by atoms with Crippen LogP contribution in [0.1, 0.15) is 0 Å². The predicted molar refractivity (Wildman–Crippen MR) is 36.9 cm³/mol. The van der Waals surface area contributed by atoms with Crippen molar-refractivity contribution in [1.29, 1.82) is 0 Å². The van der Waals surface area contributed by atoms with E-state index in [0.717, 1.165) is 0 Å². The zero-order valence-electron chi connectivity index (χ0n) is 4.96. The molecule has 2 nitrogen and oxygen atoms in total. The van der Waals surface area contributed by atoms with Gasteiger partial charge in [0.25, 0.3) is 0 Å². The van der Waals surface area contributed by atoms with Gasteiger partial charge in [0.1, 0.15) is 0 Å². The number of hydrogen-bond donors (Lipinski definition) is 1. The molecular formula is C6H10N2. The van der Waals surface area contributed by atoms with Gasteiger partial charge in [-0.2, -0.15) is 5.10 Å². The minimum Gasteiger partial charge on any atom is -0.313 e. The first kappa shape index (κ1) is 6.95. The predicted octanol–water partition coefficient (Wildman–Crippen LogP) is 0.934. The highest BCUT2D eigenvalue weighted by atomic mass is 15.3. The first-order valence-electron chi connectivity index (χ1n) is 2.39. The summed E-state index contributed by atoms with van der Waals surface area (Å²) < 4.78 is 0. The monoisotopic (exact) mass is 110 g/mol. The second-order valence-corrected chi connectivity index (χ2v) is 1.12. The molecule has 0 saturated carbocycles. The van der Waals surface area contributed by atoms with Crippen LogP contribution in [0.3, 0.4) is 0 Å². The number of hydrogen-bond acceptors (Lipinski definition) is 2. The molecule has 0 fully saturated rings. The second-order valence-electron chi connectivity index (χ2n) is 1.12. The summed E-state index contributed by atoms with van der Waals surface area (Å²) in [7, 11) is 1.75. The molecule has 2 heteroatoms. The van der Waals surface area contributed by atoms with Crippen molar-refractivity contribution in [2.45, 2.75) is 0 Å². The van der Waals surface area contributed by atoms with Gasteiger partial charge in [-0.3, -0.25) is 0 Å². The van der Waals surface area contributed by atoms with E-state index in [1.165, 1.54) is 0 Å². The van der Waals surface area contributed by atoms with Gasteiger partial charge in [0.2, 0.25) is 0 Å². The van der Waals surface area contributed by atoms with Crippen molar-refractivity contribution in [3.63, 3.8) is 0 Å². The molecule has 0 rings (SSSR count). The molecule has 0 spiro atoms. The normalized spacial score (nSPS) is 10.6. The molecule has 0 bridgehead atoms. The number of allylic oxidation sites excluding steroid dienone is 3. The summed E-state index contributed by atoms with van der Waals surface area (Å²) in [5.41, 5.74) is 2.61. The van der Waals surface area contributed by atoms with E-state index in [0.29, 0.717) is 0 Å². The minimum atomic E-state index is 1.65. The van der Waals surface area contributed by atoms with Crippen LogP contribution < -0.4 is 5.43 Å². The maximum Gasteiger partial charge on any atom is 0.0467 e. The highest BCUT2D eigenvalue weighted by Gasteiger charge is 1.56. The molecular weight excluding hydrogens is 100 g/mol. The fourth-order valence-electron chi connectivity index (χ4n) is 0.246. The number of rotatable bonds is 3. The van der Waals surface area contributed by atoms with Gasteiger partial charge in [-0.1, -0.05) is 18.7 Å². The lowest BCUT2D eigenvalue weighted by Gasteiger charge is -1.78. The molecule has 0 aliphatic heterocycles. The molecule has 0 unspecified atom stereocenters. The average Bonchev–Trinajstić information content (AvgIpc) is 1.81. The van der Waals surface area contributed by atoms with Crippen molar-refractivity contribution in [3.8, 4) is 0 Å². The molecule has 8 heavy (non-hydrogen) atoms. The molecule has 0 aliphatic rings. The Labute approximate surface area is 49.6 Å². The van der Waals surface area contributed by atoms with Gasteiger partial charge in [0.15, 0.2) is 0 Å². The van der Waals surface area contributed by atoms with Gasteiger partial charge in [-0.25, -0.2) is 0 Å². The summed E-state index contributed by atoms with van der Waals surface area (Å²) in [6.07, 6.45) is 6.95. The van der Waals surface area contributed by atoms with E-state index in [2.05, 4.69) is 17.1 Å². The molecule has 0 amide bonds. The van der Waals surface area contributed by atoms with Crippen LogP contribution in [0.5, 0.6) is 0 Å². The number of nitrogens with zero attached hydrogens (tertiary/aromatic N) is 1. The molecule has 0 aromatic heterocycles. The molecule has 0 aliphatic carbocycles. The molecule has 0 aromatic carbocycles. The van der Waals surface area contributed by atoms with E-state index in [1.807, 2.05) is 0 Å². The van der Waals surface area contributed by atoms with E-state index < -0.39 is 0 Å². The van der Waals surface area contributed by atoms with E-state index in [9.17, 15) is 0 Å². The summed E-state index contributed by atoms with van der Waals surface area (Å²) in [6, 6.07) is 0. The largest absolute Gasteiger partial charge is 0.313 e. The third-order valence-corrected chi connectivity index (χ3v) is 0.537. The van der Waals surface area contributed by atoms with Crippen molar-refractivity contribution >= 4 is 6.21 Å². The lowest BCUT2D eigenvalue weighted by molar-refractivity contribution is 0.909. The highest BCUT2D eigenvalue weighted by molar-refractivity contribution is 5.71. The molecule has 44 valence electrons. The summed E-state index contributed by atoms with van der Waals surface area (Å²) in [5.74, 6) is 0. The molecule has 0 aromatic rings. The topological polar surface area (TPSA) is 24.4 Å². The van der Waals surface area contributed by atoms with Crippen LogP contribution >= 0.6 is 0 Å². The van der Waals surface area contributed by atoms with Gasteiger partial charge >= 0.3 is 0 Å². The van der Waals surface area contributed by atoms with Crippen molar-refractivity contribution in [2.24, 2.45) is 5.10 Å². The molecule has 0 saturated heterocycles. The van der Waals surface area contributed by atoms with Gasteiger partial charge in [0, 0.05) is 13.3 Å². The number of hydrazone groups is 1. The van der Waals surface area contributed by atoms with E-state index >= 15 is 0 Å². The maximum absolute atomic E-state index is 3.70. The standard InChI is InChI=1S/C6H10N2/c1-3-4-5-6-8-7-2/h3-7H,1H2,2H3/b5-4-,8-6-.